The van der Waals surface area contributed by atoms with Gasteiger partial charge in [0, 0.05) is 22.5 Å². The molecular formula is C30H18N4O2S4. The van der Waals surface area contributed by atoms with Gasteiger partial charge in [-0.1, -0.05) is 12.1 Å². The second-order valence-electron chi connectivity index (χ2n) is 8.84. The number of thiophene rings is 2. The van der Waals surface area contributed by atoms with E-state index in [-0.39, 0.29) is 11.8 Å². The summed E-state index contributed by atoms with van der Waals surface area (Å²) in [4.78, 5) is 35.7. The van der Waals surface area contributed by atoms with Gasteiger partial charge in [-0.25, -0.2) is 9.97 Å². The molecule has 0 saturated heterocycles. The zero-order chi connectivity index (χ0) is 27.1. The molecule has 0 unspecified atom stereocenters. The van der Waals surface area contributed by atoms with Crippen molar-refractivity contribution in [1.82, 2.24) is 9.97 Å². The first kappa shape index (κ1) is 24.8. The maximum atomic E-state index is 12.3. The van der Waals surface area contributed by atoms with Crippen molar-refractivity contribution in [3.05, 3.63) is 105 Å². The Labute approximate surface area is 244 Å². The first-order valence-electron chi connectivity index (χ1n) is 12.2. The zero-order valence-corrected chi connectivity index (χ0v) is 23.8. The molecule has 0 saturated carbocycles. The summed E-state index contributed by atoms with van der Waals surface area (Å²) in [6.07, 6.45) is 0. The van der Waals surface area contributed by atoms with Crippen LogP contribution in [-0.4, -0.2) is 21.8 Å². The van der Waals surface area contributed by atoms with Gasteiger partial charge < -0.3 is 10.6 Å². The number of carbonyl (C=O) groups excluding carboxylic acids is 2. The molecule has 194 valence electrons. The number of fused-ring (bicyclic) bond motifs is 2. The Kier molecular flexibility index (Phi) is 6.45. The first-order chi connectivity index (χ1) is 19.6. The zero-order valence-electron chi connectivity index (χ0n) is 20.6. The van der Waals surface area contributed by atoms with Crippen molar-refractivity contribution in [2.24, 2.45) is 0 Å². The second-order valence-corrected chi connectivity index (χ2v) is 12.8. The van der Waals surface area contributed by atoms with Crippen LogP contribution in [0.4, 0.5) is 11.4 Å². The molecule has 2 N–H and O–H groups in total. The van der Waals surface area contributed by atoms with Gasteiger partial charge in [0.25, 0.3) is 11.8 Å². The molecule has 7 aromatic rings. The molecule has 7 rings (SSSR count). The van der Waals surface area contributed by atoms with Gasteiger partial charge in [0.05, 0.1) is 30.2 Å². The van der Waals surface area contributed by atoms with Crippen LogP contribution in [0, 0.1) is 0 Å². The number of nitrogens with zero attached hydrogens (tertiary/aromatic N) is 2. The average Bonchev–Trinajstić information content (AvgIpc) is 3.79. The van der Waals surface area contributed by atoms with Crippen molar-refractivity contribution < 1.29 is 9.59 Å². The van der Waals surface area contributed by atoms with E-state index in [1.165, 1.54) is 22.7 Å². The van der Waals surface area contributed by atoms with E-state index in [1.807, 2.05) is 89.6 Å². The summed E-state index contributed by atoms with van der Waals surface area (Å²) in [6, 6.07) is 27.1. The lowest BCUT2D eigenvalue weighted by Crippen LogP contribution is -2.09. The monoisotopic (exact) mass is 594 g/mol. The van der Waals surface area contributed by atoms with Gasteiger partial charge in [-0.2, -0.15) is 0 Å². The molecule has 0 atom stereocenters. The molecule has 0 aliphatic rings. The average molecular weight is 595 g/mol. The van der Waals surface area contributed by atoms with Crippen LogP contribution in [0.15, 0.2) is 95.7 Å². The summed E-state index contributed by atoms with van der Waals surface area (Å²) >= 11 is 6.11. The Hall–Kier alpha value is -4.22. The highest BCUT2D eigenvalue weighted by molar-refractivity contribution is 7.23. The smallest absolute Gasteiger partial charge is 0.265 e. The minimum atomic E-state index is -0.105. The Morgan fingerprint density at radius 3 is 1.43 bits per heavy atom. The summed E-state index contributed by atoms with van der Waals surface area (Å²) < 4.78 is 2.19. The number of rotatable bonds is 6. The third kappa shape index (κ3) is 4.93. The highest BCUT2D eigenvalue weighted by Crippen LogP contribution is 2.37. The number of aromatic nitrogens is 2. The Bertz CT molecular complexity index is 1780. The fourth-order valence-electron chi connectivity index (χ4n) is 4.19. The van der Waals surface area contributed by atoms with Crippen LogP contribution in [0.2, 0.25) is 0 Å². The minimum Gasteiger partial charge on any atom is -0.321 e. The SMILES string of the molecule is O=C(Nc1ccc(-c2nc3cc4nc(-c5ccc(NC(=O)c6cccs6)cc5)sc4cc3s2)cc1)c1cccs1. The van der Waals surface area contributed by atoms with Gasteiger partial charge in [-0.05, 0) is 83.6 Å². The third-order valence-corrected chi connectivity index (χ3v) is 10.0. The fraction of sp³-hybridized carbons (Fsp3) is 0. The van der Waals surface area contributed by atoms with Crippen LogP contribution in [-0.2, 0) is 0 Å². The van der Waals surface area contributed by atoms with Gasteiger partial charge in [0.1, 0.15) is 10.0 Å². The van der Waals surface area contributed by atoms with Gasteiger partial charge in [0.15, 0.2) is 0 Å². The number of thiazole rings is 2. The third-order valence-electron chi connectivity index (χ3n) is 6.17. The molecule has 0 bridgehead atoms. The van der Waals surface area contributed by atoms with Crippen LogP contribution in [0.25, 0.3) is 41.6 Å². The maximum absolute atomic E-state index is 12.3. The summed E-state index contributed by atoms with van der Waals surface area (Å²) in [5.41, 5.74) is 5.31. The molecule has 0 spiro atoms. The number of hydrogen-bond acceptors (Lipinski definition) is 8. The van der Waals surface area contributed by atoms with E-state index < -0.39 is 0 Å². The van der Waals surface area contributed by atoms with Crippen molar-refractivity contribution in [1.29, 1.82) is 0 Å². The van der Waals surface area contributed by atoms with Crippen LogP contribution in [0.5, 0.6) is 0 Å². The van der Waals surface area contributed by atoms with Gasteiger partial charge >= 0.3 is 0 Å². The predicted octanol–water partition coefficient (Wildman–Crippen LogP) is 8.87. The molecule has 0 fully saturated rings. The van der Waals surface area contributed by atoms with E-state index in [2.05, 4.69) is 16.7 Å². The molecule has 10 heteroatoms. The maximum Gasteiger partial charge on any atom is 0.265 e. The lowest BCUT2D eigenvalue weighted by atomic mass is 10.2. The van der Waals surface area contributed by atoms with E-state index in [0.717, 1.165) is 53.0 Å². The molecule has 0 radical (unpaired) electrons. The van der Waals surface area contributed by atoms with Gasteiger partial charge in [0.2, 0.25) is 0 Å². The van der Waals surface area contributed by atoms with Gasteiger partial charge in [-0.15, -0.1) is 45.3 Å². The lowest BCUT2D eigenvalue weighted by molar-refractivity contribution is 0.102. The van der Waals surface area contributed by atoms with E-state index in [4.69, 9.17) is 9.97 Å². The molecule has 2 amide bonds. The van der Waals surface area contributed by atoms with Gasteiger partial charge in [-0.3, -0.25) is 9.59 Å². The van der Waals surface area contributed by atoms with Crippen molar-refractivity contribution in [2.45, 2.75) is 0 Å². The van der Waals surface area contributed by atoms with Crippen molar-refractivity contribution in [3.8, 4) is 21.1 Å². The highest BCUT2D eigenvalue weighted by Gasteiger charge is 2.13. The van der Waals surface area contributed by atoms with Crippen LogP contribution in [0.3, 0.4) is 0 Å². The molecule has 6 nitrogen and oxygen atoms in total. The minimum absolute atomic E-state index is 0.105. The summed E-state index contributed by atoms with van der Waals surface area (Å²) in [7, 11) is 0. The van der Waals surface area contributed by atoms with Crippen LogP contribution < -0.4 is 10.6 Å². The Morgan fingerprint density at radius 1 is 0.575 bits per heavy atom. The Balaban J connectivity index is 1.09. The van der Waals surface area contributed by atoms with Crippen LogP contribution in [0.1, 0.15) is 19.3 Å². The predicted molar refractivity (Wildman–Crippen MR) is 168 cm³/mol. The number of carbonyl (C=O) groups is 2. The molecule has 3 aromatic carbocycles. The first-order valence-corrected chi connectivity index (χ1v) is 15.6. The summed E-state index contributed by atoms with van der Waals surface area (Å²) in [6.45, 7) is 0. The molecule has 4 aromatic heterocycles. The molecule has 4 heterocycles. The normalized spacial score (nSPS) is 11.2. The fourth-order valence-corrected chi connectivity index (χ4v) is 7.49. The van der Waals surface area contributed by atoms with Crippen molar-refractivity contribution in [2.75, 3.05) is 10.6 Å². The number of hydrogen-bond donors (Lipinski definition) is 2. The number of amides is 2. The molecule has 40 heavy (non-hydrogen) atoms. The van der Waals surface area contributed by atoms with Crippen LogP contribution >= 0.6 is 45.3 Å². The van der Waals surface area contributed by atoms with E-state index in [9.17, 15) is 9.59 Å². The summed E-state index contributed by atoms with van der Waals surface area (Å²) in [5, 5.41) is 11.5. The number of benzene rings is 3. The molecular weight excluding hydrogens is 577 g/mol. The van der Waals surface area contributed by atoms with Crippen molar-refractivity contribution >= 4 is 89.0 Å². The van der Waals surface area contributed by atoms with E-state index in [0.29, 0.717) is 9.75 Å². The van der Waals surface area contributed by atoms with E-state index in [1.54, 1.807) is 22.7 Å². The number of nitrogens with one attached hydrogen (secondary N) is 2. The molecule has 0 aliphatic carbocycles. The topological polar surface area (TPSA) is 84.0 Å². The van der Waals surface area contributed by atoms with Crippen molar-refractivity contribution in [3.63, 3.8) is 0 Å². The lowest BCUT2D eigenvalue weighted by Gasteiger charge is -2.04. The quantitative estimate of drug-likeness (QED) is 0.201. The standard InChI is InChI=1S/C30H18N4O2S4/c35-27(23-3-1-13-37-23)31-19-9-5-17(6-10-19)29-33-21-15-22-26(16-25(21)39-29)40-30(34-22)18-7-11-20(12-8-18)32-28(36)24-4-2-14-38-24/h1-16H,(H,31,35)(H,32,36). The Morgan fingerprint density at radius 2 is 1.02 bits per heavy atom. The molecule has 0 aliphatic heterocycles. The highest BCUT2D eigenvalue weighted by atomic mass is 32.1. The number of anilines is 2. The second kappa shape index (κ2) is 10.4. The van der Waals surface area contributed by atoms with E-state index >= 15 is 0 Å². The summed E-state index contributed by atoms with van der Waals surface area (Å²) in [5.74, 6) is -0.210. The largest absolute Gasteiger partial charge is 0.321 e.